The molecule has 23 heavy (non-hydrogen) atoms. The standard InChI is InChI=1S/C16H23F2NO3S/c1-10(2)12(4)23(21,22)9-16(20)19-11(3)8-13-14(17)6-5-7-15(13)18/h5-7,10-12H,8-9H2,1-4H3,(H,19,20). The molecule has 0 spiro atoms. The monoisotopic (exact) mass is 347 g/mol. The van der Waals surface area contributed by atoms with Crippen LogP contribution in [0.25, 0.3) is 0 Å². The summed E-state index contributed by atoms with van der Waals surface area (Å²) in [5, 5.41) is 1.85. The van der Waals surface area contributed by atoms with Gasteiger partial charge in [0, 0.05) is 11.6 Å². The summed E-state index contributed by atoms with van der Waals surface area (Å²) in [5.41, 5.74) is -0.126. The highest BCUT2D eigenvalue weighted by Crippen LogP contribution is 2.15. The van der Waals surface area contributed by atoms with E-state index < -0.39 is 44.4 Å². The largest absolute Gasteiger partial charge is 0.352 e. The third kappa shape index (κ3) is 5.57. The first kappa shape index (κ1) is 19.5. The van der Waals surface area contributed by atoms with Gasteiger partial charge in [0.2, 0.25) is 5.91 Å². The van der Waals surface area contributed by atoms with Crippen LogP contribution in [0.2, 0.25) is 0 Å². The van der Waals surface area contributed by atoms with Gasteiger partial charge in [0.1, 0.15) is 17.4 Å². The summed E-state index contributed by atoms with van der Waals surface area (Å²) >= 11 is 0. The number of halogens is 2. The molecule has 4 nitrogen and oxygen atoms in total. The molecule has 0 aliphatic heterocycles. The van der Waals surface area contributed by atoms with Crippen LogP contribution in [0.15, 0.2) is 18.2 Å². The third-order valence-corrected chi connectivity index (χ3v) is 6.16. The Morgan fingerprint density at radius 3 is 2.13 bits per heavy atom. The summed E-state index contributed by atoms with van der Waals surface area (Å²) in [4.78, 5) is 11.9. The quantitative estimate of drug-likeness (QED) is 0.824. The van der Waals surface area contributed by atoms with Crippen molar-refractivity contribution in [2.24, 2.45) is 5.92 Å². The lowest BCUT2D eigenvalue weighted by Crippen LogP contribution is -2.40. The van der Waals surface area contributed by atoms with Crippen molar-refractivity contribution in [1.82, 2.24) is 5.32 Å². The van der Waals surface area contributed by atoms with E-state index in [0.717, 1.165) is 12.1 Å². The predicted octanol–water partition coefficient (Wildman–Crippen LogP) is 2.47. The molecule has 0 saturated heterocycles. The summed E-state index contributed by atoms with van der Waals surface area (Å²) in [6.07, 6.45) is -0.0516. The van der Waals surface area contributed by atoms with Gasteiger partial charge in [0.15, 0.2) is 9.84 Å². The number of nitrogens with one attached hydrogen (secondary N) is 1. The fourth-order valence-electron chi connectivity index (χ4n) is 2.13. The number of hydrogen-bond donors (Lipinski definition) is 1. The number of sulfone groups is 1. The van der Waals surface area contributed by atoms with E-state index >= 15 is 0 Å². The molecule has 0 aliphatic rings. The molecule has 7 heteroatoms. The molecule has 1 N–H and O–H groups in total. The minimum absolute atomic E-state index is 0.0516. The van der Waals surface area contributed by atoms with Gasteiger partial charge in [-0.25, -0.2) is 17.2 Å². The van der Waals surface area contributed by atoms with Gasteiger partial charge in [-0.05, 0) is 38.3 Å². The van der Waals surface area contributed by atoms with Gasteiger partial charge in [-0.3, -0.25) is 4.79 Å². The SMILES string of the molecule is CC(Cc1c(F)cccc1F)NC(=O)CS(=O)(=O)C(C)C(C)C. The molecule has 0 fully saturated rings. The second-order valence-corrected chi connectivity index (χ2v) is 8.49. The number of carbonyl (C=O) groups excluding carboxylic acids is 1. The Kier molecular flexibility index (Phi) is 6.68. The van der Waals surface area contributed by atoms with Crippen molar-refractivity contribution in [1.29, 1.82) is 0 Å². The summed E-state index contributed by atoms with van der Waals surface area (Å²) < 4.78 is 51.2. The topological polar surface area (TPSA) is 63.2 Å². The minimum Gasteiger partial charge on any atom is -0.352 e. The van der Waals surface area contributed by atoms with Crippen molar-refractivity contribution in [3.63, 3.8) is 0 Å². The maximum absolute atomic E-state index is 13.6. The first-order valence-electron chi connectivity index (χ1n) is 7.48. The van der Waals surface area contributed by atoms with Crippen LogP contribution >= 0.6 is 0 Å². The molecule has 1 rings (SSSR count). The van der Waals surface area contributed by atoms with Gasteiger partial charge in [0.25, 0.3) is 0 Å². The van der Waals surface area contributed by atoms with Crippen molar-refractivity contribution >= 4 is 15.7 Å². The fraction of sp³-hybridized carbons (Fsp3) is 0.562. The van der Waals surface area contributed by atoms with Crippen LogP contribution in [0.5, 0.6) is 0 Å². The molecule has 130 valence electrons. The zero-order valence-electron chi connectivity index (χ0n) is 13.8. The van der Waals surface area contributed by atoms with Crippen molar-refractivity contribution in [3.8, 4) is 0 Å². The van der Waals surface area contributed by atoms with Crippen LogP contribution < -0.4 is 5.32 Å². The number of carbonyl (C=O) groups is 1. The Morgan fingerprint density at radius 2 is 1.65 bits per heavy atom. The highest BCUT2D eigenvalue weighted by atomic mass is 32.2. The Hall–Kier alpha value is -1.50. The van der Waals surface area contributed by atoms with Crippen LogP contribution in [-0.2, 0) is 21.1 Å². The van der Waals surface area contributed by atoms with Crippen molar-refractivity contribution in [3.05, 3.63) is 35.4 Å². The summed E-state index contributed by atoms with van der Waals surface area (Å²) in [5.74, 6) is -2.77. The number of rotatable bonds is 7. The molecule has 2 unspecified atom stereocenters. The second-order valence-electron chi connectivity index (χ2n) is 6.13. The summed E-state index contributed by atoms with van der Waals surface area (Å²) in [7, 11) is -3.55. The smallest absolute Gasteiger partial charge is 0.235 e. The lowest BCUT2D eigenvalue weighted by molar-refractivity contribution is -0.119. The molecule has 0 radical (unpaired) electrons. The molecular weight excluding hydrogens is 324 g/mol. The van der Waals surface area contributed by atoms with Crippen molar-refractivity contribution in [2.45, 2.75) is 45.4 Å². The maximum atomic E-state index is 13.6. The zero-order valence-corrected chi connectivity index (χ0v) is 14.6. The summed E-state index contributed by atoms with van der Waals surface area (Å²) in [6, 6.07) is 2.96. The van der Waals surface area contributed by atoms with Crippen LogP contribution in [-0.4, -0.2) is 31.4 Å². The van der Waals surface area contributed by atoms with E-state index in [1.54, 1.807) is 27.7 Å². The van der Waals surface area contributed by atoms with E-state index in [9.17, 15) is 22.0 Å². The molecule has 0 aromatic heterocycles. The van der Waals surface area contributed by atoms with E-state index in [2.05, 4.69) is 5.32 Å². The van der Waals surface area contributed by atoms with Gasteiger partial charge in [-0.2, -0.15) is 0 Å². The Morgan fingerprint density at radius 1 is 1.13 bits per heavy atom. The fourth-order valence-corrected chi connectivity index (χ4v) is 3.67. The Labute approximate surface area is 136 Å². The molecule has 0 saturated carbocycles. The van der Waals surface area contributed by atoms with E-state index in [-0.39, 0.29) is 17.9 Å². The molecule has 1 aromatic rings. The first-order valence-corrected chi connectivity index (χ1v) is 9.20. The van der Waals surface area contributed by atoms with E-state index in [1.807, 2.05) is 0 Å². The number of amides is 1. The van der Waals surface area contributed by atoms with Gasteiger partial charge >= 0.3 is 0 Å². The van der Waals surface area contributed by atoms with Gasteiger partial charge in [0.05, 0.1) is 5.25 Å². The lowest BCUT2D eigenvalue weighted by Gasteiger charge is -2.18. The molecule has 0 aliphatic carbocycles. The Bertz CT molecular complexity index is 639. The highest BCUT2D eigenvalue weighted by molar-refractivity contribution is 7.92. The van der Waals surface area contributed by atoms with Crippen LogP contribution in [0, 0.1) is 17.6 Å². The molecular formula is C16H23F2NO3S. The van der Waals surface area contributed by atoms with Crippen molar-refractivity contribution < 1.29 is 22.0 Å². The molecule has 0 bridgehead atoms. The Balaban J connectivity index is 2.68. The second kappa shape index (κ2) is 7.86. The molecule has 0 heterocycles. The molecule has 1 amide bonds. The average molecular weight is 347 g/mol. The van der Waals surface area contributed by atoms with E-state index in [1.165, 1.54) is 6.07 Å². The van der Waals surface area contributed by atoms with Crippen LogP contribution in [0.4, 0.5) is 8.78 Å². The van der Waals surface area contributed by atoms with Crippen molar-refractivity contribution in [2.75, 3.05) is 5.75 Å². The molecule has 2 atom stereocenters. The van der Waals surface area contributed by atoms with Gasteiger partial charge < -0.3 is 5.32 Å². The lowest BCUT2D eigenvalue weighted by atomic mass is 10.1. The van der Waals surface area contributed by atoms with E-state index in [4.69, 9.17) is 0 Å². The van der Waals surface area contributed by atoms with Gasteiger partial charge in [-0.1, -0.05) is 19.9 Å². The normalized spacial score (nSPS) is 14.6. The average Bonchev–Trinajstić information content (AvgIpc) is 2.41. The van der Waals surface area contributed by atoms with E-state index in [0.29, 0.717) is 0 Å². The maximum Gasteiger partial charge on any atom is 0.235 e. The first-order chi connectivity index (χ1) is 10.5. The molecule has 1 aromatic carbocycles. The predicted molar refractivity (Wildman–Crippen MR) is 85.8 cm³/mol. The number of benzene rings is 1. The van der Waals surface area contributed by atoms with Crippen LogP contribution in [0.3, 0.4) is 0 Å². The third-order valence-electron chi connectivity index (χ3n) is 3.82. The zero-order chi connectivity index (χ0) is 17.8. The highest BCUT2D eigenvalue weighted by Gasteiger charge is 2.27. The van der Waals surface area contributed by atoms with Gasteiger partial charge in [-0.15, -0.1) is 0 Å². The summed E-state index contributed by atoms with van der Waals surface area (Å²) in [6.45, 7) is 6.67. The van der Waals surface area contributed by atoms with Crippen LogP contribution in [0.1, 0.15) is 33.3 Å². The number of hydrogen-bond acceptors (Lipinski definition) is 3. The minimum atomic E-state index is -3.55.